The van der Waals surface area contributed by atoms with Gasteiger partial charge in [0.15, 0.2) is 0 Å². The SMILES string of the molecule is CCOP(=O)(CCCCCCCCCCC(=O)OC)OCC. The van der Waals surface area contributed by atoms with E-state index in [4.69, 9.17) is 9.05 Å². The van der Waals surface area contributed by atoms with E-state index in [2.05, 4.69) is 4.74 Å². The van der Waals surface area contributed by atoms with Gasteiger partial charge in [-0.15, -0.1) is 0 Å². The molecule has 0 heterocycles. The lowest BCUT2D eigenvalue weighted by molar-refractivity contribution is -0.140. The normalized spacial score (nSPS) is 11.6. The molecule has 0 bridgehead atoms. The highest BCUT2D eigenvalue weighted by Gasteiger charge is 2.22. The van der Waals surface area contributed by atoms with E-state index >= 15 is 0 Å². The van der Waals surface area contributed by atoms with E-state index in [1.165, 1.54) is 20.0 Å². The van der Waals surface area contributed by atoms with Crippen molar-refractivity contribution in [3.63, 3.8) is 0 Å². The fraction of sp³-hybridized carbons (Fsp3) is 0.938. The first-order valence-electron chi connectivity index (χ1n) is 8.53. The molecule has 0 unspecified atom stereocenters. The van der Waals surface area contributed by atoms with Crippen molar-refractivity contribution in [3.05, 3.63) is 0 Å². The van der Waals surface area contributed by atoms with Gasteiger partial charge in [0, 0.05) is 6.42 Å². The van der Waals surface area contributed by atoms with Crippen molar-refractivity contribution in [2.24, 2.45) is 0 Å². The van der Waals surface area contributed by atoms with Crippen molar-refractivity contribution in [1.82, 2.24) is 0 Å². The van der Waals surface area contributed by atoms with Crippen LogP contribution >= 0.6 is 7.60 Å². The maximum Gasteiger partial charge on any atom is 0.330 e. The second-order valence-electron chi connectivity index (χ2n) is 5.32. The van der Waals surface area contributed by atoms with Crippen LogP contribution in [0.25, 0.3) is 0 Å². The first-order valence-corrected chi connectivity index (χ1v) is 10.3. The molecule has 0 aliphatic rings. The van der Waals surface area contributed by atoms with Crippen LogP contribution in [0.15, 0.2) is 0 Å². The number of hydrogen-bond acceptors (Lipinski definition) is 5. The fourth-order valence-electron chi connectivity index (χ4n) is 2.30. The third kappa shape index (κ3) is 12.2. The molecule has 0 saturated heterocycles. The summed E-state index contributed by atoms with van der Waals surface area (Å²) >= 11 is 0. The monoisotopic (exact) mass is 336 g/mol. The Morgan fingerprint density at radius 1 is 0.818 bits per heavy atom. The van der Waals surface area contributed by atoms with Crippen LogP contribution in [0.4, 0.5) is 0 Å². The Morgan fingerprint density at radius 2 is 1.27 bits per heavy atom. The molecule has 0 aromatic heterocycles. The Hall–Kier alpha value is -0.380. The summed E-state index contributed by atoms with van der Waals surface area (Å²) in [6.45, 7) is 4.55. The van der Waals surface area contributed by atoms with Gasteiger partial charge in [-0.3, -0.25) is 9.36 Å². The van der Waals surface area contributed by atoms with E-state index in [-0.39, 0.29) is 5.97 Å². The quantitative estimate of drug-likeness (QED) is 0.241. The number of carbonyl (C=O) groups excluding carboxylic acids is 1. The number of esters is 1. The second-order valence-corrected chi connectivity index (χ2v) is 7.51. The van der Waals surface area contributed by atoms with Crippen molar-refractivity contribution in [2.75, 3.05) is 26.5 Å². The van der Waals surface area contributed by atoms with Crippen LogP contribution in [0, 0.1) is 0 Å². The number of ether oxygens (including phenoxy) is 1. The number of methoxy groups -OCH3 is 1. The summed E-state index contributed by atoms with van der Waals surface area (Å²) in [7, 11) is -1.42. The van der Waals surface area contributed by atoms with Gasteiger partial charge in [0.2, 0.25) is 0 Å². The number of carbonyl (C=O) groups is 1. The summed E-state index contributed by atoms with van der Waals surface area (Å²) < 4.78 is 27.4. The highest BCUT2D eigenvalue weighted by atomic mass is 31.2. The maximum atomic E-state index is 12.2. The topological polar surface area (TPSA) is 61.8 Å². The lowest BCUT2D eigenvalue weighted by Crippen LogP contribution is -2.00. The van der Waals surface area contributed by atoms with Crippen LogP contribution in [-0.4, -0.2) is 32.5 Å². The molecule has 0 radical (unpaired) electrons. The van der Waals surface area contributed by atoms with Gasteiger partial charge in [-0.25, -0.2) is 0 Å². The summed E-state index contributed by atoms with van der Waals surface area (Å²) in [5.41, 5.74) is 0. The molecule has 0 amide bonds. The van der Waals surface area contributed by atoms with Crippen LogP contribution in [0.2, 0.25) is 0 Å². The van der Waals surface area contributed by atoms with Crippen LogP contribution < -0.4 is 0 Å². The standard InChI is InChI=1S/C16H33O5P/c1-4-20-22(18,21-5-2)15-13-11-9-7-6-8-10-12-14-16(17)19-3/h4-15H2,1-3H3. The van der Waals surface area contributed by atoms with Gasteiger partial charge in [-0.2, -0.15) is 0 Å². The van der Waals surface area contributed by atoms with E-state index in [0.29, 0.717) is 25.8 Å². The van der Waals surface area contributed by atoms with Crippen LogP contribution in [0.1, 0.15) is 71.6 Å². The largest absolute Gasteiger partial charge is 0.469 e. The first kappa shape index (κ1) is 21.6. The minimum Gasteiger partial charge on any atom is -0.469 e. The predicted molar refractivity (Wildman–Crippen MR) is 89.3 cm³/mol. The van der Waals surface area contributed by atoms with Gasteiger partial charge in [0.05, 0.1) is 26.5 Å². The molecule has 0 aromatic rings. The first-order chi connectivity index (χ1) is 10.6. The molecule has 0 saturated carbocycles. The Labute approximate surface area is 135 Å². The van der Waals surface area contributed by atoms with Crippen LogP contribution in [0.5, 0.6) is 0 Å². The van der Waals surface area contributed by atoms with E-state index in [1.807, 2.05) is 13.8 Å². The van der Waals surface area contributed by atoms with Crippen LogP contribution in [0.3, 0.4) is 0 Å². The van der Waals surface area contributed by atoms with Gasteiger partial charge in [-0.1, -0.05) is 38.5 Å². The fourth-order valence-corrected chi connectivity index (χ4v) is 4.03. The Kier molecular flexibility index (Phi) is 14.0. The molecule has 0 fully saturated rings. The van der Waals surface area contributed by atoms with Gasteiger partial charge in [0.1, 0.15) is 0 Å². The minimum atomic E-state index is -2.85. The van der Waals surface area contributed by atoms with Crippen LogP contribution in [-0.2, 0) is 23.1 Å². The molecule has 6 heteroatoms. The Balaban J connectivity index is 3.45. The van der Waals surface area contributed by atoms with Gasteiger partial charge < -0.3 is 13.8 Å². The van der Waals surface area contributed by atoms with Crippen molar-refractivity contribution >= 4 is 13.6 Å². The van der Waals surface area contributed by atoms with Crippen molar-refractivity contribution in [1.29, 1.82) is 0 Å². The highest BCUT2D eigenvalue weighted by molar-refractivity contribution is 7.53. The zero-order valence-corrected chi connectivity index (χ0v) is 15.4. The summed E-state index contributed by atoms with van der Waals surface area (Å²) in [4.78, 5) is 10.9. The molecule has 22 heavy (non-hydrogen) atoms. The molecule has 0 rings (SSSR count). The summed E-state index contributed by atoms with van der Waals surface area (Å²) in [6.07, 6.45) is 9.68. The lowest BCUT2D eigenvalue weighted by Gasteiger charge is -2.16. The van der Waals surface area contributed by atoms with E-state index in [0.717, 1.165) is 38.5 Å². The van der Waals surface area contributed by atoms with Gasteiger partial charge in [-0.05, 0) is 26.7 Å². The predicted octanol–water partition coefficient (Wildman–Crippen LogP) is 4.94. The number of hydrogen-bond donors (Lipinski definition) is 0. The maximum absolute atomic E-state index is 12.2. The summed E-state index contributed by atoms with van der Waals surface area (Å²) in [5.74, 6) is -0.118. The molecule has 5 nitrogen and oxygen atoms in total. The molecule has 0 N–H and O–H groups in total. The van der Waals surface area contributed by atoms with E-state index < -0.39 is 7.60 Å². The smallest absolute Gasteiger partial charge is 0.330 e. The molecule has 0 spiro atoms. The summed E-state index contributed by atoms with van der Waals surface area (Å²) in [6, 6.07) is 0. The van der Waals surface area contributed by atoms with Gasteiger partial charge >= 0.3 is 13.6 Å². The van der Waals surface area contributed by atoms with E-state index in [1.54, 1.807) is 0 Å². The Bertz CT molecular complexity index is 310. The highest BCUT2D eigenvalue weighted by Crippen LogP contribution is 2.48. The van der Waals surface area contributed by atoms with E-state index in [9.17, 15) is 9.36 Å². The van der Waals surface area contributed by atoms with Crippen molar-refractivity contribution in [3.8, 4) is 0 Å². The van der Waals surface area contributed by atoms with Gasteiger partial charge in [0.25, 0.3) is 0 Å². The minimum absolute atomic E-state index is 0.118. The van der Waals surface area contributed by atoms with Crippen molar-refractivity contribution < 1.29 is 23.1 Å². The van der Waals surface area contributed by atoms with Crippen molar-refractivity contribution in [2.45, 2.75) is 71.6 Å². The molecule has 0 aliphatic carbocycles. The zero-order valence-electron chi connectivity index (χ0n) is 14.5. The molecule has 0 aliphatic heterocycles. The molecular formula is C16H33O5P. The molecule has 132 valence electrons. The Morgan fingerprint density at radius 3 is 1.73 bits per heavy atom. The zero-order chi connectivity index (χ0) is 16.7. The lowest BCUT2D eigenvalue weighted by atomic mass is 10.1. The number of unbranched alkanes of at least 4 members (excludes halogenated alkanes) is 7. The molecule has 0 aromatic carbocycles. The third-order valence-electron chi connectivity index (χ3n) is 3.44. The second kappa shape index (κ2) is 14.2. The third-order valence-corrected chi connectivity index (χ3v) is 5.61. The molecular weight excluding hydrogens is 303 g/mol. The number of rotatable bonds is 15. The summed E-state index contributed by atoms with van der Waals surface area (Å²) in [5, 5.41) is 0. The molecule has 0 atom stereocenters. The average Bonchev–Trinajstić information content (AvgIpc) is 2.49. The average molecular weight is 336 g/mol.